The summed E-state index contributed by atoms with van der Waals surface area (Å²) >= 11 is 6.00. The molecule has 2 N–H and O–H groups in total. The van der Waals surface area contributed by atoms with Crippen LogP contribution in [0.15, 0.2) is 18.2 Å². The Morgan fingerprint density at radius 1 is 1.37 bits per heavy atom. The van der Waals surface area contributed by atoms with Crippen molar-refractivity contribution in [3.05, 3.63) is 28.8 Å². The highest BCUT2D eigenvalue weighted by molar-refractivity contribution is 6.32. The van der Waals surface area contributed by atoms with Crippen LogP contribution >= 0.6 is 11.6 Å². The first-order chi connectivity index (χ1) is 8.99. The number of hydrogen-bond acceptors (Lipinski definition) is 2. The Morgan fingerprint density at radius 3 is 2.79 bits per heavy atom. The van der Waals surface area contributed by atoms with Crippen LogP contribution in [0.1, 0.15) is 19.4 Å². The van der Waals surface area contributed by atoms with Crippen LogP contribution in [0.3, 0.4) is 0 Å². The number of urea groups is 1. The van der Waals surface area contributed by atoms with Gasteiger partial charge in [-0.3, -0.25) is 0 Å². The first kappa shape index (κ1) is 15.6. The maximum absolute atomic E-state index is 11.4. The van der Waals surface area contributed by atoms with E-state index in [-0.39, 0.29) is 6.03 Å². The van der Waals surface area contributed by atoms with Gasteiger partial charge in [0, 0.05) is 6.54 Å². The zero-order valence-corrected chi connectivity index (χ0v) is 12.4. The van der Waals surface area contributed by atoms with Gasteiger partial charge in [-0.2, -0.15) is 0 Å². The van der Waals surface area contributed by atoms with E-state index < -0.39 is 0 Å². The van der Waals surface area contributed by atoms with Crippen molar-refractivity contribution in [2.24, 2.45) is 5.92 Å². The molecular formula is C14H21ClN2O2. The quantitative estimate of drug-likeness (QED) is 0.789. The molecule has 0 aliphatic heterocycles. The number of hydrogen-bond donors (Lipinski definition) is 2. The third kappa shape index (κ3) is 6.34. The Hall–Kier alpha value is -1.42. The van der Waals surface area contributed by atoms with Gasteiger partial charge < -0.3 is 15.4 Å². The van der Waals surface area contributed by atoms with Gasteiger partial charge in [-0.25, -0.2) is 4.79 Å². The number of nitrogens with one attached hydrogen (secondary N) is 2. The number of halogens is 1. The molecule has 5 heteroatoms. The summed E-state index contributed by atoms with van der Waals surface area (Å²) in [4.78, 5) is 11.4. The van der Waals surface area contributed by atoms with Crippen molar-refractivity contribution < 1.29 is 9.53 Å². The molecule has 2 amide bonds. The fraction of sp³-hybridized carbons (Fsp3) is 0.500. The fourth-order valence-electron chi connectivity index (χ4n) is 1.41. The smallest absolute Gasteiger partial charge is 0.314 e. The molecule has 0 saturated carbocycles. The summed E-state index contributed by atoms with van der Waals surface area (Å²) in [6.45, 7) is 7.55. The maximum atomic E-state index is 11.4. The van der Waals surface area contributed by atoms with E-state index in [0.29, 0.717) is 36.4 Å². The van der Waals surface area contributed by atoms with Gasteiger partial charge in [-0.1, -0.05) is 31.5 Å². The molecule has 0 unspecified atom stereocenters. The van der Waals surface area contributed by atoms with Crippen LogP contribution in [0.4, 0.5) is 4.79 Å². The highest BCUT2D eigenvalue weighted by Crippen LogP contribution is 2.24. The topological polar surface area (TPSA) is 50.4 Å². The van der Waals surface area contributed by atoms with Crippen LogP contribution in [0.25, 0.3) is 0 Å². The zero-order chi connectivity index (χ0) is 14.3. The lowest BCUT2D eigenvalue weighted by Gasteiger charge is -2.11. The largest absolute Gasteiger partial charge is 0.490 e. The molecular weight excluding hydrogens is 264 g/mol. The molecule has 0 fully saturated rings. The lowest BCUT2D eigenvalue weighted by Crippen LogP contribution is -2.39. The Balaban J connectivity index is 2.23. The third-order valence-electron chi connectivity index (χ3n) is 2.40. The summed E-state index contributed by atoms with van der Waals surface area (Å²) in [5.74, 6) is 1.08. The number of rotatable bonds is 6. The summed E-state index contributed by atoms with van der Waals surface area (Å²) in [7, 11) is 0. The van der Waals surface area contributed by atoms with Gasteiger partial charge in [0.25, 0.3) is 0 Å². The molecule has 0 radical (unpaired) electrons. The number of ether oxygens (including phenoxy) is 1. The molecule has 0 heterocycles. The molecule has 0 saturated heterocycles. The van der Waals surface area contributed by atoms with Gasteiger partial charge in [0.2, 0.25) is 0 Å². The van der Waals surface area contributed by atoms with Gasteiger partial charge in [0.1, 0.15) is 12.4 Å². The van der Waals surface area contributed by atoms with E-state index in [9.17, 15) is 4.79 Å². The summed E-state index contributed by atoms with van der Waals surface area (Å²) in [6, 6.07) is 5.43. The maximum Gasteiger partial charge on any atom is 0.314 e. The van der Waals surface area contributed by atoms with Crippen molar-refractivity contribution in [2.75, 3.05) is 19.7 Å². The molecule has 0 aliphatic carbocycles. The van der Waals surface area contributed by atoms with Crippen LogP contribution in [-0.2, 0) is 0 Å². The minimum atomic E-state index is -0.173. The number of aryl methyl sites for hydroxylation is 1. The second-order valence-electron chi connectivity index (χ2n) is 4.81. The van der Waals surface area contributed by atoms with Gasteiger partial charge in [0.15, 0.2) is 0 Å². The number of carbonyl (C=O) groups excluding carboxylic acids is 1. The highest BCUT2D eigenvalue weighted by atomic mass is 35.5. The normalized spacial score (nSPS) is 10.4. The first-order valence-electron chi connectivity index (χ1n) is 6.39. The predicted molar refractivity (Wildman–Crippen MR) is 77.9 cm³/mol. The number of amides is 2. The summed E-state index contributed by atoms with van der Waals surface area (Å²) in [5, 5.41) is 6.07. The van der Waals surface area contributed by atoms with Crippen molar-refractivity contribution in [3.63, 3.8) is 0 Å². The molecule has 0 atom stereocenters. The molecule has 106 valence electrons. The van der Waals surface area contributed by atoms with Crippen molar-refractivity contribution in [3.8, 4) is 5.75 Å². The summed E-state index contributed by atoms with van der Waals surface area (Å²) in [6.07, 6.45) is 0. The van der Waals surface area contributed by atoms with E-state index in [4.69, 9.17) is 16.3 Å². The summed E-state index contributed by atoms with van der Waals surface area (Å²) < 4.78 is 5.52. The van der Waals surface area contributed by atoms with E-state index in [1.54, 1.807) is 6.07 Å². The third-order valence-corrected chi connectivity index (χ3v) is 2.72. The average molecular weight is 285 g/mol. The number of carbonyl (C=O) groups is 1. The molecule has 1 aromatic rings. The molecule has 0 spiro atoms. The zero-order valence-electron chi connectivity index (χ0n) is 11.6. The van der Waals surface area contributed by atoms with Crippen LogP contribution in [-0.4, -0.2) is 25.7 Å². The standard InChI is InChI=1S/C14H21ClN2O2/c1-10(2)9-17-14(18)16-6-7-19-13-8-11(3)4-5-12(13)15/h4-5,8,10H,6-7,9H2,1-3H3,(H2,16,17,18). The van der Waals surface area contributed by atoms with Crippen molar-refractivity contribution in [1.29, 1.82) is 0 Å². The molecule has 4 nitrogen and oxygen atoms in total. The van der Waals surface area contributed by atoms with Crippen LogP contribution < -0.4 is 15.4 Å². The van der Waals surface area contributed by atoms with Crippen molar-refractivity contribution >= 4 is 17.6 Å². The second kappa shape index (κ2) is 7.89. The summed E-state index contributed by atoms with van der Waals surface area (Å²) in [5.41, 5.74) is 1.09. The molecule has 1 aromatic carbocycles. The second-order valence-corrected chi connectivity index (χ2v) is 5.22. The van der Waals surface area contributed by atoms with Crippen LogP contribution in [0.5, 0.6) is 5.75 Å². The molecule has 0 bridgehead atoms. The van der Waals surface area contributed by atoms with E-state index in [0.717, 1.165) is 5.56 Å². The van der Waals surface area contributed by atoms with Crippen LogP contribution in [0.2, 0.25) is 5.02 Å². The Bertz CT molecular complexity index is 422. The Morgan fingerprint density at radius 2 is 2.11 bits per heavy atom. The van der Waals surface area contributed by atoms with Gasteiger partial charge in [-0.05, 0) is 30.5 Å². The SMILES string of the molecule is Cc1ccc(Cl)c(OCCNC(=O)NCC(C)C)c1. The highest BCUT2D eigenvalue weighted by Gasteiger charge is 2.03. The van der Waals surface area contributed by atoms with Crippen molar-refractivity contribution in [1.82, 2.24) is 10.6 Å². The monoisotopic (exact) mass is 284 g/mol. The lowest BCUT2D eigenvalue weighted by atomic mass is 10.2. The predicted octanol–water partition coefficient (Wildman–Crippen LogP) is 2.98. The lowest BCUT2D eigenvalue weighted by molar-refractivity contribution is 0.235. The van der Waals surface area contributed by atoms with Gasteiger partial charge >= 0.3 is 6.03 Å². The van der Waals surface area contributed by atoms with E-state index in [1.165, 1.54) is 0 Å². The minimum absolute atomic E-state index is 0.173. The molecule has 1 rings (SSSR count). The van der Waals surface area contributed by atoms with Gasteiger partial charge in [0.05, 0.1) is 11.6 Å². The first-order valence-corrected chi connectivity index (χ1v) is 6.77. The Kier molecular flexibility index (Phi) is 6.50. The van der Waals surface area contributed by atoms with Gasteiger partial charge in [-0.15, -0.1) is 0 Å². The fourth-order valence-corrected chi connectivity index (χ4v) is 1.58. The molecule has 0 aliphatic rings. The van der Waals surface area contributed by atoms with E-state index in [2.05, 4.69) is 10.6 Å². The van der Waals surface area contributed by atoms with E-state index >= 15 is 0 Å². The molecule has 19 heavy (non-hydrogen) atoms. The number of benzene rings is 1. The van der Waals surface area contributed by atoms with E-state index in [1.807, 2.05) is 32.9 Å². The molecule has 0 aromatic heterocycles. The Labute approximate surface area is 119 Å². The van der Waals surface area contributed by atoms with Crippen LogP contribution in [0, 0.1) is 12.8 Å². The van der Waals surface area contributed by atoms with Crippen molar-refractivity contribution in [2.45, 2.75) is 20.8 Å². The minimum Gasteiger partial charge on any atom is -0.490 e. The average Bonchev–Trinajstić information content (AvgIpc) is 2.36.